The normalized spacial score (nSPS) is 13.3. The first kappa shape index (κ1) is 11.6. The summed E-state index contributed by atoms with van der Waals surface area (Å²) in [7, 11) is 0. The summed E-state index contributed by atoms with van der Waals surface area (Å²) in [6.45, 7) is 7.30. The first-order valence-electron chi connectivity index (χ1n) is 4.87. The fraction of sp³-hybridized carbons (Fsp3) is 0.600. The van der Waals surface area contributed by atoms with Crippen molar-refractivity contribution in [3.05, 3.63) is 18.5 Å². The van der Waals surface area contributed by atoms with Crippen molar-refractivity contribution in [2.24, 2.45) is 0 Å². The van der Waals surface area contributed by atoms with Gasteiger partial charge in [-0.05, 0) is 33.8 Å². The van der Waals surface area contributed by atoms with E-state index in [1.54, 1.807) is 23.1 Å². The Morgan fingerprint density at radius 2 is 2.20 bits per heavy atom. The third kappa shape index (κ3) is 4.01. The molecule has 0 fully saturated rings. The third-order valence-electron chi connectivity index (χ3n) is 1.65. The molecular formula is C10H17N3O2. The second kappa shape index (κ2) is 4.33. The van der Waals surface area contributed by atoms with Crippen molar-refractivity contribution < 1.29 is 9.53 Å². The highest BCUT2D eigenvalue weighted by atomic mass is 16.6. The summed E-state index contributed by atoms with van der Waals surface area (Å²) in [6, 6.07) is 1.80. The molecule has 1 amide bonds. The Bertz CT molecular complexity index is 314. The molecule has 0 radical (unpaired) electrons. The number of nitrogens with zero attached hydrogens (tertiary/aromatic N) is 2. The molecule has 5 nitrogen and oxygen atoms in total. The van der Waals surface area contributed by atoms with Crippen molar-refractivity contribution >= 4 is 6.09 Å². The first-order valence-corrected chi connectivity index (χ1v) is 4.87. The van der Waals surface area contributed by atoms with E-state index in [4.69, 9.17) is 4.74 Å². The highest BCUT2D eigenvalue weighted by molar-refractivity contribution is 5.67. The third-order valence-corrected chi connectivity index (χ3v) is 1.65. The molecule has 0 saturated carbocycles. The van der Waals surface area contributed by atoms with E-state index in [-0.39, 0.29) is 6.17 Å². The highest BCUT2D eigenvalue weighted by Crippen LogP contribution is 2.08. The maximum atomic E-state index is 11.4. The summed E-state index contributed by atoms with van der Waals surface area (Å²) >= 11 is 0. The Morgan fingerprint density at radius 3 is 2.67 bits per heavy atom. The summed E-state index contributed by atoms with van der Waals surface area (Å²) < 4.78 is 6.76. The van der Waals surface area contributed by atoms with E-state index in [0.717, 1.165) is 0 Å². The van der Waals surface area contributed by atoms with Gasteiger partial charge in [-0.15, -0.1) is 0 Å². The van der Waals surface area contributed by atoms with E-state index >= 15 is 0 Å². The van der Waals surface area contributed by atoms with Crippen LogP contribution < -0.4 is 5.32 Å². The van der Waals surface area contributed by atoms with Crippen LogP contribution in [0.5, 0.6) is 0 Å². The van der Waals surface area contributed by atoms with Gasteiger partial charge in [0.25, 0.3) is 0 Å². The van der Waals surface area contributed by atoms with Crippen molar-refractivity contribution in [2.45, 2.75) is 39.5 Å². The summed E-state index contributed by atoms with van der Waals surface area (Å²) in [5.41, 5.74) is -0.478. The maximum absolute atomic E-state index is 11.4. The van der Waals surface area contributed by atoms with Gasteiger partial charge in [-0.1, -0.05) is 0 Å². The molecular weight excluding hydrogens is 194 g/mol. The van der Waals surface area contributed by atoms with Gasteiger partial charge in [-0.2, -0.15) is 5.10 Å². The van der Waals surface area contributed by atoms with Crippen LogP contribution in [-0.2, 0) is 4.74 Å². The van der Waals surface area contributed by atoms with Crippen molar-refractivity contribution in [1.29, 1.82) is 0 Å². The number of amides is 1. The van der Waals surface area contributed by atoms with Crippen LogP contribution in [0.2, 0.25) is 0 Å². The van der Waals surface area contributed by atoms with Crippen molar-refractivity contribution in [3.8, 4) is 0 Å². The first-order chi connectivity index (χ1) is 6.88. The molecule has 1 aromatic rings. The van der Waals surface area contributed by atoms with Gasteiger partial charge in [-0.3, -0.25) is 10.00 Å². The molecule has 0 aliphatic carbocycles. The van der Waals surface area contributed by atoms with Crippen molar-refractivity contribution in [3.63, 3.8) is 0 Å². The second-order valence-electron chi connectivity index (χ2n) is 4.31. The molecule has 1 unspecified atom stereocenters. The maximum Gasteiger partial charge on any atom is 0.409 e. The van der Waals surface area contributed by atoms with Crippen LogP contribution in [-0.4, -0.2) is 21.5 Å². The molecule has 0 aromatic carbocycles. The molecule has 1 atom stereocenters. The van der Waals surface area contributed by atoms with Crippen molar-refractivity contribution in [2.75, 3.05) is 0 Å². The Hall–Kier alpha value is -1.52. The van der Waals surface area contributed by atoms with Gasteiger partial charge in [-0.25, -0.2) is 4.79 Å². The Balaban J connectivity index is 2.45. The lowest BCUT2D eigenvalue weighted by Crippen LogP contribution is -2.36. The largest absolute Gasteiger partial charge is 0.444 e. The van der Waals surface area contributed by atoms with Gasteiger partial charge in [0.05, 0.1) is 0 Å². The summed E-state index contributed by atoms with van der Waals surface area (Å²) in [4.78, 5) is 11.4. The van der Waals surface area contributed by atoms with Gasteiger partial charge < -0.3 is 4.74 Å². The molecule has 0 aliphatic rings. The fourth-order valence-corrected chi connectivity index (χ4v) is 1.05. The SMILES string of the molecule is CC(NC(=O)OC(C)(C)C)n1cccn1. The van der Waals surface area contributed by atoms with Crippen LogP contribution in [0.25, 0.3) is 0 Å². The zero-order valence-corrected chi connectivity index (χ0v) is 9.52. The Labute approximate surface area is 89.4 Å². The van der Waals surface area contributed by atoms with Crippen LogP contribution in [0, 0.1) is 0 Å². The van der Waals surface area contributed by atoms with Crippen LogP contribution in [0.1, 0.15) is 33.9 Å². The molecule has 0 aliphatic heterocycles. The molecule has 0 spiro atoms. The zero-order valence-electron chi connectivity index (χ0n) is 9.52. The summed E-state index contributed by atoms with van der Waals surface area (Å²) in [6.07, 6.45) is 2.79. The van der Waals surface area contributed by atoms with E-state index < -0.39 is 11.7 Å². The van der Waals surface area contributed by atoms with Gasteiger partial charge in [0.15, 0.2) is 0 Å². The minimum absolute atomic E-state index is 0.213. The summed E-state index contributed by atoms with van der Waals surface area (Å²) in [5.74, 6) is 0. The van der Waals surface area contributed by atoms with Gasteiger partial charge in [0.1, 0.15) is 11.8 Å². The quantitative estimate of drug-likeness (QED) is 0.813. The van der Waals surface area contributed by atoms with Gasteiger partial charge >= 0.3 is 6.09 Å². The Kier molecular flexibility index (Phi) is 3.34. The minimum atomic E-state index is -0.478. The number of hydrogen-bond acceptors (Lipinski definition) is 3. The highest BCUT2D eigenvalue weighted by Gasteiger charge is 2.17. The number of aromatic nitrogens is 2. The molecule has 1 N–H and O–H groups in total. The lowest BCUT2D eigenvalue weighted by atomic mass is 10.2. The minimum Gasteiger partial charge on any atom is -0.444 e. The number of carbonyl (C=O) groups excluding carboxylic acids is 1. The van der Waals surface area contributed by atoms with E-state index in [2.05, 4.69) is 10.4 Å². The molecule has 5 heteroatoms. The fourth-order valence-electron chi connectivity index (χ4n) is 1.05. The molecule has 0 bridgehead atoms. The monoisotopic (exact) mass is 211 g/mol. The molecule has 1 rings (SSSR count). The average Bonchev–Trinajstić information content (AvgIpc) is 2.50. The molecule has 15 heavy (non-hydrogen) atoms. The molecule has 0 saturated heterocycles. The molecule has 1 heterocycles. The topological polar surface area (TPSA) is 56.1 Å². The number of alkyl carbamates (subject to hydrolysis) is 1. The lowest BCUT2D eigenvalue weighted by molar-refractivity contribution is 0.0484. The predicted molar refractivity (Wildman–Crippen MR) is 56.3 cm³/mol. The van der Waals surface area contributed by atoms with E-state index in [0.29, 0.717) is 0 Å². The Morgan fingerprint density at radius 1 is 1.53 bits per heavy atom. The number of rotatable bonds is 2. The van der Waals surface area contributed by atoms with Crippen LogP contribution >= 0.6 is 0 Å². The predicted octanol–water partition coefficient (Wildman–Crippen LogP) is 1.93. The van der Waals surface area contributed by atoms with Crippen LogP contribution in [0.3, 0.4) is 0 Å². The van der Waals surface area contributed by atoms with Crippen LogP contribution in [0.4, 0.5) is 4.79 Å². The van der Waals surface area contributed by atoms with Gasteiger partial charge in [0.2, 0.25) is 0 Å². The van der Waals surface area contributed by atoms with E-state index in [1.165, 1.54) is 0 Å². The van der Waals surface area contributed by atoms with E-state index in [1.807, 2.05) is 27.7 Å². The lowest BCUT2D eigenvalue weighted by Gasteiger charge is -2.22. The second-order valence-corrected chi connectivity index (χ2v) is 4.31. The number of nitrogens with one attached hydrogen (secondary N) is 1. The smallest absolute Gasteiger partial charge is 0.409 e. The molecule has 84 valence electrons. The number of carbonyl (C=O) groups is 1. The number of ether oxygens (including phenoxy) is 1. The molecule has 1 aromatic heterocycles. The average molecular weight is 211 g/mol. The van der Waals surface area contributed by atoms with Gasteiger partial charge in [0, 0.05) is 12.4 Å². The van der Waals surface area contributed by atoms with Crippen molar-refractivity contribution in [1.82, 2.24) is 15.1 Å². The summed E-state index contributed by atoms with van der Waals surface area (Å²) in [5, 5.41) is 6.69. The van der Waals surface area contributed by atoms with E-state index in [9.17, 15) is 4.79 Å². The van der Waals surface area contributed by atoms with Crippen LogP contribution in [0.15, 0.2) is 18.5 Å². The number of hydrogen-bond donors (Lipinski definition) is 1. The zero-order chi connectivity index (χ0) is 11.5. The standard InChI is InChI=1S/C10H17N3O2/c1-8(13-7-5-6-11-13)12-9(14)15-10(2,3)4/h5-8H,1-4H3,(H,12,14).